The molecule has 0 bridgehead atoms. The molecule has 6 N–H and O–H groups in total. The molecular weight excluding hydrogens is 388 g/mol. The maximum absolute atomic E-state index is 13.1. The minimum atomic E-state index is -2.10. The number of aromatic nitrogens is 1. The van der Waals surface area contributed by atoms with Crippen molar-refractivity contribution in [2.75, 3.05) is 7.05 Å². The zero-order valence-corrected chi connectivity index (χ0v) is 17.7. The minimum Gasteiger partial charge on any atom is -0.379 e. The second-order valence-electron chi connectivity index (χ2n) is 7.92. The number of hydrogen-bond acceptors (Lipinski definition) is 5. The summed E-state index contributed by atoms with van der Waals surface area (Å²) >= 11 is 0. The number of carbonyl (C=O) groups is 3. The number of aromatic amines is 1. The van der Waals surface area contributed by atoms with Gasteiger partial charge in [-0.15, -0.1) is 0 Å². The van der Waals surface area contributed by atoms with Crippen LogP contribution in [0.5, 0.6) is 0 Å². The van der Waals surface area contributed by atoms with Crippen molar-refractivity contribution in [3.05, 3.63) is 36.0 Å². The van der Waals surface area contributed by atoms with Gasteiger partial charge in [-0.05, 0) is 24.0 Å². The Balaban J connectivity index is 2.32. The number of nitrogens with one attached hydrogen (secondary N) is 4. The fourth-order valence-corrected chi connectivity index (χ4v) is 3.59. The lowest BCUT2D eigenvalue weighted by Crippen LogP contribution is -2.60. The van der Waals surface area contributed by atoms with Gasteiger partial charge in [0.15, 0.2) is 5.60 Å². The zero-order chi connectivity index (χ0) is 22.5. The summed E-state index contributed by atoms with van der Waals surface area (Å²) in [6, 6.07) is 6.62. The molecule has 0 unspecified atom stereocenters. The second-order valence-corrected chi connectivity index (χ2v) is 7.92. The Labute approximate surface area is 175 Å². The third kappa shape index (κ3) is 4.98. The lowest BCUT2D eigenvalue weighted by molar-refractivity contribution is -0.159. The predicted molar refractivity (Wildman–Crippen MR) is 111 cm³/mol. The summed E-state index contributed by atoms with van der Waals surface area (Å²) in [6.45, 7) is 4.94. The summed E-state index contributed by atoms with van der Waals surface area (Å²) in [7, 11) is 1.46. The Morgan fingerprint density at radius 1 is 1.13 bits per heavy atom. The summed E-state index contributed by atoms with van der Waals surface area (Å²) in [5, 5.41) is 26.1. The average Bonchev–Trinajstić information content (AvgIpc) is 3.13. The van der Waals surface area contributed by atoms with Crippen molar-refractivity contribution in [3.8, 4) is 0 Å². The van der Waals surface area contributed by atoms with Crippen molar-refractivity contribution < 1.29 is 24.7 Å². The number of para-hydroxylation sites is 1. The number of hydrogen-bond donors (Lipinski definition) is 6. The topological polar surface area (TPSA) is 144 Å². The summed E-state index contributed by atoms with van der Waals surface area (Å²) < 4.78 is 0. The molecule has 1 aromatic carbocycles. The fourth-order valence-electron chi connectivity index (χ4n) is 3.59. The molecule has 0 saturated carbocycles. The molecule has 30 heavy (non-hydrogen) atoms. The summed E-state index contributed by atoms with van der Waals surface area (Å²) in [5.41, 5.74) is 1.11. The molecule has 1 aromatic heterocycles. The van der Waals surface area contributed by atoms with Crippen molar-refractivity contribution in [3.63, 3.8) is 0 Å². The number of amides is 3. The molecule has 2 rings (SSSR count). The number of aliphatic hydroxyl groups is 1. The molecule has 2 aromatic rings. The van der Waals surface area contributed by atoms with Crippen LogP contribution in [0.3, 0.4) is 0 Å². The highest BCUT2D eigenvalue weighted by atomic mass is 16.5. The van der Waals surface area contributed by atoms with Crippen molar-refractivity contribution >= 4 is 28.6 Å². The van der Waals surface area contributed by atoms with Crippen LogP contribution in [0.1, 0.15) is 32.8 Å². The number of H-pyrrole nitrogens is 1. The fraction of sp³-hybridized carbons (Fsp3) is 0.476. The number of carbonyl (C=O) groups excluding carboxylic acids is 3. The largest absolute Gasteiger partial charge is 0.379 e. The highest BCUT2D eigenvalue weighted by molar-refractivity contribution is 5.95. The van der Waals surface area contributed by atoms with Gasteiger partial charge >= 0.3 is 0 Å². The lowest BCUT2D eigenvalue weighted by atomic mass is 9.80. The van der Waals surface area contributed by atoms with Crippen molar-refractivity contribution in [2.24, 2.45) is 11.8 Å². The molecule has 3 atom stereocenters. The van der Waals surface area contributed by atoms with Gasteiger partial charge in [0, 0.05) is 30.6 Å². The van der Waals surface area contributed by atoms with Crippen LogP contribution >= 0.6 is 0 Å². The molecule has 0 spiro atoms. The van der Waals surface area contributed by atoms with Crippen LogP contribution in [0.4, 0.5) is 0 Å². The summed E-state index contributed by atoms with van der Waals surface area (Å²) in [5.74, 6) is -3.52. The quantitative estimate of drug-likeness (QED) is 0.264. The Morgan fingerprint density at radius 2 is 1.80 bits per heavy atom. The first-order chi connectivity index (χ1) is 14.1. The van der Waals surface area contributed by atoms with Crippen LogP contribution < -0.4 is 16.1 Å². The van der Waals surface area contributed by atoms with Gasteiger partial charge in [-0.25, -0.2) is 5.48 Å². The molecule has 9 heteroatoms. The Hall–Kier alpha value is -2.91. The molecule has 0 radical (unpaired) electrons. The van der Waals surface area contributed by atoms with Gasteiger partial charge in [-0.1, -0.05) is 39.0 Å². The summed E-state index contributed by atoms with van der Waals surface area (Å²) in [6.07, 6.45) is 1.93. The highest BCUT2D eigenvalue weighted by Gasteiger charge is 2.46. The number of hydroxylamine groups is 1. The minimum absolute atomic E-state index is 0.0268. The van der Waals surface area contributed by atoms with Crippen molar-refractivity contribution in [1.82, 2.24) is 21.1 Å². The third-order valence-electron chi connectivity index (χ3n) is 5.30. The molecule has 0 aliphatic rings. The third-order valence-corrected chi connectivity index (χ3v) is 5.30. The smallest absolute Gasteiger partial charge is 0.253 e. The lowest BCUT2D eigenvalue weighted by Gasteiger charge is -2.34. The predicted octanol–water partition coefficient (Wildman–Crippen LogP) is 0.860. The maximum Gasteiger partial charge on any atom is 0.253 e. The van der Waals surface area contributed by atoms with Crippen molar-refractivity contribution in [2.45, 2.75) is 45.3 Å². The summed E-state index contributed by atoms with van der Waals surface area (Å²) in [4.78, 5) is 40.6. The maximum atomic E-state index is 13.1. The van der Waals surface area contributed by atoms with E-state index in [1.165, 1.54) is 19.5 Å². The Kier molecular flexibility index (Phi) is 7.58. The van der Waals surface area contributed by atoms with Gasteiger partial charge in [0.2, 0.25) is 11.8 Å². The number of likely N-dealkylation sites (N-methyl/N-ethyl adjacent to an activating group) is 1. The van der Waals surface area contributed by atoms with E-state index in [0.29, 0.717) is 0 Å². The van der Waals surface area contributed by atoms with Gasteiger partial charge < -0.3 is 20.7 Å². The van der Waals surface area contributed by atoms with Crippen LogP contribution in [0, 0.1) is 11.8 Å². The standard InChI is InChI=1S/C21H30N4O5/c1-12(2)10-21(29,13(3)18(26)25-30)20(28)24-17(19(27)22-4)9-14-11-23-16-8-6-5-7-15(14)16/h5-8,11-13,17,23,29-30H,9-10H2,1-4H3,(H,22,27)(H,24,28)(H,25,26)/t13-,17+,21+/m1/s1. The van der Waals surface area contributed by atoms with Crippen LogP contribution in [0.25, 0.3) is 10.9 Å². The van der Waals surface area contributed by atoms with E-state index in [1.807, 2.05) is 24.3 Å². The molecule has 0 fully saturated rings. The number of fused-ring (bicyclic) bond motifs is 1. The first kappa shape index (κ1) is 23.4. The van der Waals surface area contributed by atoms with Crippen LogP contribution in [0.15, 0.2) is 30.5 Å². The van der Waals surface area contributed by atoms with Gasteiger partial charge in [-0.2, -0.15) is 0 Å². The molecule has 164 valence electrons. The number of rotatable bonds is 9. The zero-order valence-electron chi connectivity index (χ0n) is 17.7. The monoisotopic (exact) mass is 418 g/mol. The van der Waals surface area contributed by atoms with E-state index in [4.69, 9.17) is 5.21 Å². The number of benzene rings is 1. The molecule has 9 nitrogen and oxygen atoms in total. The van der Waals surface area contributed by atoms with Gasteiger partial charge in [0.1, 0.15) is 6.04 Å². The van der Waals surface area contributed by atoms with E-state index in [-0.39, 0.29) is 18.8 Å². The van der Waals surface area contributed by atoms with Gasteiger partial charge in [0.25, 0.3) is 5.91 Å². The molecule has 0 saturated heterocycles. The molecule has 0 aliphatic heterocycles. The molecular formula is C21H30N4O5. The van der Waals surface area contributed by atoms with Crippen molar-refractivity contribution in [1.29, 1.82) is 0 Å². The van der Waals surface area contributed by atoms with Crippen LogP contribution in [-0.2, 0) is 20.8 Å². The Bertz CT molecular complexity index is 910. The second kappa shape index (κ2) is 9.73. The first-order valence-electron chi connectivity index (χ1n) is 9.87. The SMILES string of the molecule is CNC(=O)[C@H](Cc1c[nH]c2ccccc12)NC(=O)[C@](O)(CC(C)C)[C@H](C)C(=O)NO. The van der Waals surface area contributed by atoms with E-state index in [9.17, 15) is 19.5 Å². The van der Waals surface area contributed by atoms with E-state index < -0.39 is 35.3 Å². The van der Waals surface area contributed by atoms with E-state index in [0.717, 1.165) is 16.5 Å². The molecule has 3 amide bonds. The van der Waals surface area contributed by atoms with Gasteiger partial charge in [0.05, 0.1) is 5.92 Å². The molecule has 0 aliphatic carbocycles. The normalized spacial score (nSPS) is 15.3. The highest BCUT2D eigenvalue weighted by Crippen LogP contribution is 2.27. The van der Waals surface area contributed by atoms with Crippen LogP contribution in [-0.4, -0.2) is 51.7 Å². The van der Waals surface area contributed by atoms with Crippen LogP contribution in [0.2, 0.25) is 0 Å². The van der Waals surface area contributed by atoms with E-state index in [2.05, 4.69) is 15.6 Å². The molecule has 1 heterocycles. The Morgan fingerprint density at radius 3 is 2.40 bits per heavy atom. The first-order valence-corrected chi connectivity index (χ1v) is 9.87. The van der Waals surface area contributed by atoms with E-state index >= 15 is 0 Å². The van der Waals surface area contributed by atoms with E-state index in [1.54, 1.807) is 20.0 Å². The van der Waals surface area contributed by atoms with Gasteiger partial charge in [-0.3, -0.25) is 19.6 Å². The average molecular weight is 418 g/mol.